The molecule has 10 heteroatoms. The smallest absolute Gasteiger partial charge is 0.247 e. The lowest BCUT2D eigenvalue weighted by atomic mass is 10.2. The van der Waals surface area contributed by atoms with Gasteiger partial charge in [0.2, 0.25) is 11.8 Å². The number of fused-ring (bicyclic) bond motifs is 2. The van der Waals surface area contributed by atoms with E-state index in [-0.39, 0.29) is 38.2 Å². The average molecular weight is 499 g/mol. The third kappa shape index (κ3) is 8.64. The second kappa shape index (κ2) is 14.4. The summed E-state index contributed by atoms with van der Waals surface area (Å²) in [7, 11) is 0. The van der Waals surface area contributed by atoms with Crippen molar-refractivity contribution >= 4 is 23.2 Å². The minimum Gasteiger partial charge on any atom is -0.487 e. The van der Waals surface area contributed by atoms with Crippen LogP contribution >= 0.6 is 0 Å². The Morgan fingerprint density at radius 3 is 1.31 bits per heavy atom. The highest BCUT2D eigenvalue weighted by Gasteiger charge is 2.11. The van der Waals surface area contributed by atoms with Gasteiger partial charge >= 0.3 is 0 Å². The van der Waals surface area contributed by atoms with Gasteiger partial charge in [-0.05, 0) is 36.4 Å². The fraction of sp³-hybridized carbons (Fsp3) is 0.308. The first kappa shape index (κ1) is 26.6. The van der Waals surface area contributed by atoms with Gasteiger partial charge < -0.3 is 39.1 Å². The highest BCUT2D eigenvalue weighted by atomic mass is 16.6. The summed E-state index contributed by atoms with van der Waals surface area (Å²) in [6, 6.07) is 10.2. The Labute approximate surface area is 209 Å². The first-order valence-electron chi connectivity index (χ1n) is 11.4. The summed E-state index contributed by atoms with van der Waals surface area (Å²) in [6.07, 6.45) is 2.38. The van der Waals surface area contributed by atoms with Crippen LogP contribution < -0.4 is 29.6 Å². The van der Waals surface area contributed by atoms with Crippen molar-refractivity contribution in [3.05, 3.63) is 61.7 Å². The van der Waals surface area contributed by atoms with E-state index in [0.717, 1.165) is 0 Å². The lowest BCUT2D eigenvalue weighted by molar-refractivity contribution is -0.112. The molecule has 0 bridgehead atoms. The Balaban J connectivity index is 1.63. The maximum absolute atomic E-state index is 11.6. The molecule has 3 rings (SSSR count). The van der Waals surface area contributed by atoms with Gasteiger partial charge in [-0.15, -0.1) is 0 Å². The third-order valence-corrected chi connectivity index (χ3v) is 4.73. The largest absolute Gasteiger partial charge is 0.487 e. The monoisotopic (exact) mass is 498 g/mol. The fourth-order valence-electron chi connectivity index (χ4n) is 3.07. The summed E-state index contributed by atoms with van der Waals surface area (Å²) in [5.74, 6) is 1.31. The molecule has 1 heterocycles. The molecule has 192 valence electrons. The number of carbonyl (C=O) groups is 2. The van der Waals surface area contributed by atoms with Crippen LogP contribution in [0.1, 0.15) is 0 Å². The van der Waals surface area contributed by atoms with Crippen LogP contribution in [0.25, 0.3) is 0 Å². The molecule has 0 radical (unpaired) electrons. The molecule has 0 atom stereocenters. The molecule has 1 aliphatic rings. The quantitative estimate of drug-likeness (QED) is 0.618. The molecular formula is C26H30N2O8. The summed E-state index contributed by atoms with van der Waals surface area (Å²) < 4.78 is 34.5. The average Bonchev–Trinajstić information content (AvgIpc) is 2.88. The van der Waals surface area contributed by atoms with Gasteiger partial charge in [0.1, 0.15) is 26.4 Å². The van der Waals surface area contributed by atoms with Crippen LogP contribution in [-0.4, -0.2) is 64.7 Å². The van der Waals surface area contributed by atoms with Gasteiger partial charge in [0.05, 0.1) is 26.4 Å². The topological polar surface area (TPSA) is 114 Å². The van der Waals surface area contributed by atoms with Gasteiger partial charge in [0, 0.05) is 23.5 Å². The highest BCUT2D eigenvalue weighted by molar-refractivity contribution is 5.99. The number of carbonyl (C=O) groups excluding carboxylic acids is 2. The van der Waals surface area contributed by atoms with Gasteiger partial charge in [0.15, 0.2) is 23.0 Å². The number of anilines is 2. The van der Waals surface area contributed by atoms with Crippen molar-refractivity contribution in [3.63, 3.8) is 0 Å². The standard InChI is InChI=1S/C26H30N2O8/c1-3-25(29)27-19-5-7-21-23(17-19)35-15-11-32-12-16-36-24-18-20(28-26(30)4-2)6-8-22(24)34-14-10-31-9-13-33-21/h3-8,17-18H,1-2,9-16H2,(H,27,29)(H,28,30). The molecule has 0 aromatic heterocycles. The van der Waals surface area contributed by atoms with E-state index >= 15 is 0 Å². The first-order valence-corrected chi connectivity index (χ1v) is 11.4. The molecule has 2 N–H and O–H groups in total. The van der Waals surface area contributed by atoms with Crippen LogP contribution in [0.4, 0.5) is 11.4 Å². The predicted octanol–water partition coefficient (Wildman–Crippen LogP) is 3.20. The van der Waals surface area contributed by atoms with Crippen molar-refractivity contribution in [2.45, 2.75) is 0 Å². The zero-order chi connectivity index (χ0) is 25.6. The Hall–Kier alpha value is -4.02. The number of benzene rings is 2. The maximum atomic E-state index is 11.6. The van der Waals surface area contributed by atoms with E-state index in [9.17, 15) is 9.59 Å². The number of hydrogen-bond acceptors (Lipinski definition) is 8. The number of hydrogen-bond donors (Lipinski definition) is 2. The molecule has 36 heavy (non-hydrogen) atoms. The minimum absolute atomic E-state index is 0.253. The van der Waals surface area contributed by atoms with Crippen molar-refractivity contribution in [1.82, 2.24) is 0 Å². The molecule has 0 aliphatic carbocycles. The van der Waals surface area contributed by atoms with Gasteiger partial charge in [-0.25, -0.2) is 0 Å². The van der Waals surface area contributed by atoms with Crippen molar-refractivity contribution < 1.29 is 38.0 Å². The molecule has 0 unspecified atom stereocenters. The molecular weight excluding hydrogens is 468 g/mol. The Morgan fingerprint density at radius 2 is 0.944 bits per heavy atom. The summed E-state index contributed by atoms with van der Waals surface area (Å²) >= 11 is 0. The molecule has 2 amide bonds. The summed E-state index contributed by atoms with van der Waals surface area (Å²) in [4.78, 5) is 23.2. The second-order valence-electron chi connectivity index (χ2n) is 7.33. The SMILES string of the molecule is C=CC(=O)Nc1ccc2c(c1)OCCOCCOc1cc(NC(=O)C=C)ccc1OCCOCCO2. The van der Waals surface area contributed by atoms with Crippen LogP contribution in [0.15, 0.2) is 61.7 Å². The summed E-state index contributed by atoms with van der Waals surface area (Å²) in [5.41, 5.74) is 1.10. The van der Waals surface area contributed by atoms with Crippen molar-refractivity contribution in [2.75, 3.05) is 63.5 Å². The highest BCUT2D eigenvalue weighted by Crippen LogP contribution is 2.32. The molecule has 1 aliphatic heterocycles. The molecule has 0 saturated heterocycles. The first-order chi connectivity index (χ1) is 17.6. The van der Waals surface area contributed by atoms with E-state index in [1.54, 1.807) is 36.4 Å². The fourth-order valence-corrected chi connectivity index (χ4v) is 3.07. The normalized spacial score (nSPS) is 14.9. The van der Waals surface area contributed by atoms with Gasteiger partial charge in [0.25, 0.3) is 0 Å². The van der Waals surface area contributed by atoms with E-state index < -0.39 is 0 Å². The molecule has 2 aromatic rings. The van der Waals surface area contributed by atoms with Crippen LogP contribution in [0, 0.1) is 0 Å². The number of rotatable bonds is 4. The Morgan fingerprint density at radius 1 is 0.583 bits per heavy atom. The van der Waals surface area contributed by atoms with Gasteiger partial charge in [-0.1, -0.05) is 13.2 Å². The Bertz CT molecular complexity index is 975. The second-order valence-corrected chi connectivity index (χ2v) is 7.33. The van der Waals surface area contributed by atoms with Gasteiger partial charge in [-0.2, -0.15) is 0 Å². The van der Waals surface area contributed by atoms with E-state index in [0.29, 0.717) is 60.8 Å². The predicted molar refractivity (Wildman–Crippen MR) is 134 cm³/mol. The Kier molecular flexibility index (Phi) is 10.6. The summed E-state index contributed by atoms with van der Waals surface area (Å²) in [5, 5.41) is 5.39. The minimum atomic E-state index is -0.327. The van der Waals surface area contributed by atoms with Crippen LogP contribution in [0.3, 0.4) is 0 Å². The van der Waals surface area contributed by atoms with Crippen molar-refractivity contribution in [1.29, 1.82) is 0 Å². The summed E-state index contributed by atoms with van der Waals surface area (Å²) in [6.45, 7) is 9.25. The number of nitrogens with one attached hydrogen (secondary N) is 2. The van der Waals surface area contributed by atoms with Crippen molar-refractivity contribution in [2.24, 2.45) is 0 Å². The molecule has 10 nitrogen and oxygen atoms in total. The van der Waals surface area contributed by atoms with Crippen LogP contribution in [-0.2, 0) is 19.1 Å². The third-order valence-electron chi connectivity index (χ3n) is 4.73. The van der Waals surface area contributed by atoms with E-state index in [1.807, 2.05) is 0 Å². The number of amides is 2. The van der Waals surface area contributed by atoms with E-state index in [1.165, 1.54) is 12.2 Å². The van der Waals surface area contributed by atoms with Crippen LogP contribution in [0.2, 0.25) is 0 Å². The number of ether oxygens (including phenoxy) is 6. The maximum Gasteiger partial charge on any atom is 0.247 e. The molecule has 0 fully saturated rings. The molecule has 2 aromatic carbocycles. The molecule has 0 spiro atoms. The zero-order valence-electron chi connectivity index (χ0n) is 20.0. The van der Waals surface area contributed by atoms with Gasteiger partial charge in [-0.3, -0.25) is 9.59 Å². The van der Waals surface area contributed by atoms with E-state index in [2.05, 4.69) is 23.8 Å². The molecule has 0 saturated carbocycles. The zero-order valence-corrected chi connectivity index (χ0v) is 20.0. The van der Waals surface area contributed by atoms with Crippen molar-refractivity contribution in [3.8, 4) is 23.0 Å². The van der Waals surface area contributed by atoms with E-state index in [4.69, 9.17) is 28.4 Å². The van der Waals surface area contributed by atoms with Crippen LogP contribution in [0.5, 0.6) is 23.0 Å². The lowest BCUT2D eigenvalue weighted by Crippen LogP contribution is -2.16. The lowest BCUT2D eigenvalue weighted by Gasteiger charge is -2.17.